The molecule has 2 rings (SSSR count). The molecule has 0 aliphatic carbocycles. The van der Waals surface area contributed by atoms with Crippen LogP contribution in [0.5, 0.6) is 0 Å². The Hall–Kier alpha value is -1.55. The molecule has 0 bridgehead atoms. The molecule has 1 heterocycles. The molecule has 1 unspecified atom stereocenters. The molecule has 1 aromatic carbocycles. The van der Waals surface area contributed by atoms with Crippen LogP contribution < -0.4 is 10.6 Å². The lowest BCUT2D eigenvalue weighted by Gasteiger charge is -2.21. The number of nitrogens with one attached hydrogen (secondary N) is 2. The van der Waals surface area contributed by atoms with Crippen LogP contribution in [0.3, 0.4) is 0 Å². The number of anilines is 1. The Balaban J connectivity index is 1.83. The number of likely N-dealkylation sites (tertiary alicyclic amines) is 1. The highest BCUT2D eigenvalue weighted by Crippen LogP contribution is 2.10. The molecule has 1 saturated heterocycles. The van der Waals surface area contributed by atoms with E-state index in [1.54, 1.807) is 0 Å². The Kier molecular flexibility index (Phi) is 5.41. The fourth-order valence-electron chi connectivity index (χ4n) is 2.65. The van der Waals surface area contributed by atoms with E-state index in [9.17, 15) is 4.79 Å². The van der Waals surface area contributed by atoms with E-state index in [0.29, 0.717) is 0 Å². The normalized spacial score (nSPS) is 16.9. The third-order valence-corrected chi connectivity index (χ3v) is 3.64. The van der Waals surface area contributed by atoms with Gasteiger partial charge in [0.25, 0.3) is 5.91 Å². The summed E-state index contributed by atoms with van der Waals surface area (Å²) in [7, 11) is 0. The predicted octanol–water partition coefficient (Wildman–Crippen LogP) is 2.33. The van der Waals surface area contributed by atoms with Gasteiger partial charge in [-0.15, -0.1) is 0 Å². The van der Waals surface area contributed by atoms with Gasteiger partial charge in [-0.2, -0.15) is 0 Å². The van der Waals surface area contributed by atoms with Crippen molar-refractivity contribution in [3.05, 3.63) is 29.8 Å². The van der Waals surface area contributed by atoms with Crippen molar-refractivity contribution in [2.24, 2.45) is 0 Å². The van der Waals surface area contributed by atoms with Gasteiger partial charge in [-0.3, -0.25) is 4.79 Å². The highest BCUT2D eigenvalue weighted by molar-refractivity contribution is 5.94. The smallest absolute Gasteiger partial charge is 0.251 e. The fourth-order valence-corrected chi connectivity index (χ4v) is 2.65. The topological polar surface area (TPSA) is 44.4 Å². The van der Waals surface area contributed by atoms with Crippen LogP contribution >= 0.6 is 0 Å². The van der Waals surface area contributed by atoms with Gasteiger partial charge in [-0.25, -0.2) is 0 Å². The third-order valence-electron chi connectivity index (χ3n) is 3.64. The van der Waals surface area contributed by atoms with E-state index in [4.69, 9.17) is 0 Å². The molecule has 0 spiro atoms. The Morgan fingerprint density at radius 3 is 2.50 bits per heavy atom. The molecule has 0 radical (unpaired) electrons. The highest BCUT2D eigenvalue weighted by Gasteiger charge is 2.16. The Morgan fingerprint density at radius 1 is 1.25 bits per heavy atom. The van der Waals surface area contributed by atoms with Gasteiger partial charge in [0.05, 0.1) is 0 Å². The summed E-state index contributed by atoms with van der Waals surface area (Å²) in [6.45, 7) is 8.29. The maximum absolute atomic E-state index is 12.1. The Labute approximate surface area is 121 Å². The first-order chi connectivity index (χ1) is 9.69. The van der Waals surface area contributed by atoms with Crippen LogP contribution in [0.15, 0.2) is 24.3 Å². The number of nitrogens with zero attached hydrogens (tertiary/aromatic N) is 1. The first-order valence-corrected chi connectivity index (χ1v) is 7.56. The molecule has 1 fully saturated rings. The summed E-state index contributed by atoms with van der Waals surface area (Å²) in [6.07, 6.45) is 2.57. The van der Waals surface area contributed by atoms with Crippen LogP contribution in [0, 0.1) is 0 Å². The number of rotatable bonds is 6. The second-order valence-corrected chi connectivity index (χ2v) is 5.49. The second kappa shape index (κ2) is 7.29. The van der Waals surface area contributed by atoms with Gasteiger partial charge >= 0.3 is 0 Å². The van der Waals surface area contributed by atoms with E-state index in [0.717, 1.165) is 37.4 Å². The van der Waals surface area contributed by atoms with E-state index in [1.165, 1.54) is 12.8 Å². The monoisotopic (exact) mass is 275 g/mol. The van der Waals surface area contributed by atoms with Crippen LogP contribution in [0.1, 0.15) is 37.0 Å². The van der Waals surface area contributed by atoms with Crippen LogP contribution in [0.2, 0.25) is 0 Å². The van der Waals surface area contributed by atoms with Gasteiger partial charge in [0.15, 0.2) is 0 Å². The van der Waals surface area contributed by atoms with Gasteiger partial charge in [0.1, 0.15) is 0 Å². The largest absolute Gasteiger partial charge is 0.385 e. The van der Waals surface area contributed by atoms with Crippen molar-refractivity contribution in [2.75, 3.05) is 31.5 Å². The average molecular weight is 275 g/mol. The lowest BCUT2D eigenvalue weighted by atomic mass is 10.2. The van der Waals surface area contributed by atoms with Gasteiger partial charge in [-0.05, 0) is 64.0 Å². The van der Waals surface area contributed by atoms with Gasteiger partial charge in [-0.1, -0.05) is 0 Å². The molecule has 4 heteroatoms. The number of carbonyl (C=O) groups is 1. The number of carbonyl (C=O) groups excluding carboxylic acids is 1. The first kappa shape index (κ1) is 14.9. The summed E-state index contributed by atoms with van der Waals surface area (Å²) in [4.78, 5) is 14.6. The number of amides is 1. The zero-order valence-corrected chi connectivity index (χ0v) is 12.5. The molecule has 2 N–H and O–H groups in total. The van der Waals surface area contributed by atoms with Crippen molar-refractivity contribution in [1.82, 2.24) is 10.2 Å². The predicted molar refractivity (Wildman–Crippen MR) is 83.2 cm³/mol. The number of hydrogen-bond donors (Lipinski definition) is 2. The van der Waals surface area contributed by atoms with Crippen molar-refractivity contribution >= 4 is 11.6 Å². The van der Waals surface area contributed by atoms with E-state index >= 15 is 0 Å². The lowest BCUT2D eigenvalue weighted by molar-refractivity contribution is 0.0932. The fraction of sp³-hybridized carbons (Fsp3) is 0.562. The molecule has 1 aromatic rings. The summed E-state index contributed by atoms with van der Waals surface area (Å²) in [6, 6.07) is 7.83. The maximum Gasteiger partial charge on any atom is 0.251 e. The summed E-state index contributed by atoms with van der Waals surface area (Å²) in [5.41, 5.74) is 1.77. The Morgan fingerprint density at radius 2 is 1.90 bits per heavy atom. The minimum absolute atomic E-state index is 0.0137. The summed E-state index contributed by atoms with van der Waals surface area (Å²) in [5, 5.41) is 6.30. The molecular weight excluding hydrogens is 250 g/mol. The van der Waals surface area contributed by atoms with Gasteiger partial charge in [0.2, 0.25) is 0 Å². The molecule has 1 aliphatic rings. The minimum Gasteiger partial charge on any atom is -0.385 e. The van der Waals surface area contributed by atoms with Gasteiger partial charge in [0, 0.05) is 30.4 Å². The number of benzene rings is 1. The van der Waals surface area contributed by atoms with Gasteiger partial charge < -0.3 is 15.5 Å². The van der Waals surface area contributed by atoms with Crippen molar-refractivity contribution in [2.45, 2.75) is 32.7 Å². The standard InChI is InChI=1S/C16H25N3O/c1-3-17-15-8-6-14(7-9-15)16(20)18-13(2)12-19-10-4-5-11-19/h6-9,13,17H,3-5,10-12H2,1-2H3,(H,18,20). The zero-order valence-electron chi connectivity index (χ0n) is 12.5. The summed E-state index contributed by atoms with van der Waals surface area (Å²) < 4.78 is 0. The van der Waals surface area contributed by atoms with Crippen LogP contribution in [-0.2, 0) is 0 Å². The molecule has 110 valence electrons. The molecule has 1 aliphatic heterocycles. The zero-order chi connectivity index (χ0) is 14.4. The molecular formula is C16H25N3O. The van der Waals surface area contributed by atoms with Crippen LogP contribution in [0.25, 0.3) is 0 Å². The maximum atomic E-state index is 12.1. The second-order valence-electron chi connectivity index (χ2n) is 5.49. The van der Waals surface area contributed by atoms with Crippen molar-refractivity contribution in [3.8, 4) is 0 Å². The number of hydrogen-bond acceptors (Lipinski definition) is 3. The SMILES string of the molecule is CCNc1ccc(C(=O)NC(C)CN2CCCC2)cc1. The molecule has 0 aromatic heterocycles. The van der Waals surface area contributed by atoms with E-state index < -0.39 is 0 Å². The third kappa shape index (κ3) is 4.23. The molecule has 4 nitrogen and oxygen atoms in total. The molecule has 0 saturated carbocycles. The van der Waals surface area contributed by atoms with Crippen molar-refractivity contribution < 1.29 is 4.79 Å². The highest BCUT2D eigenvalue weighted by atomic mass is 16.1. The summed E-state index contributed by atoms with van der Waals surface area (Å²) in [5.74, 6) is 0.0137. The van der Waals surface area contributed by atoms with Crippen molar-refractivity contribution in [1.29, 1.82) is 0 Å². The first-order valence-electron chi connectivity index (χ1n) is 7.56. The van der Waals surface area contributed by atoms with E-state index in [1.807, 2.05) is 24.3 Å². The molecule has 1 atom stereocenters. The summed E-state index contributed by atoms with van der Waals surface area (Å²) >= 11 is 0. The Bertz CT molecular complexity index is 424. The van der Waals surface area contributed by atoms with Crippen molar-refractivity contribution in [3.63, 3.8) is 0 Å². The molecule has 20 heavy (non-hydrogen) atoms. The van der Waals surface area contributed by atoms with Crippen LogP contribution in [0.4, 0.5) is 5.69 Å². The quantitative estimate of drug-likeness (QED) is 0.837. The van der Waals surface area contributed by atoms with E-state index in [-0.39, 0.29) is 11.9 Å². The minimum atomic E-state index is 0.0137. The van der Waals surface area contributed by atoms with Crippen LogP contribution in [-0.4, -0.2) is 43.0 Å². The molecule has 1 amide bonds. The van der Waals surface area contributed by atoms with E-state index in [2.05, 4.69) is 29.4 Å². The average Bonchev–Trinajstić information content (AvgIpc) is 2.92. The lowest BCUT2D eigenvalue weighted by Crippen LogP contribution is -2.41.